The van der Waals surface area contributed by atoms with Crippen molar-refractivity contribution >= 4 is 12.0 Å². The molecule has 2 rings (SSSR count). The lowest BCUT2D eigenvalue weighted by atomic mass is 10.2. The van der Waals surface area contributed by atoms with Crippen molar-refractivity contribution in [3.05, 3.63) is 59.7 Å². The highest BCUT2D eigenvalue weighted by molar-refractivity contribution is 5.89. The number of amides is 2. The number of carbonyl (C=O) groups is 2. The van der Waals surface area contributed by atoms with Crippen LogP contribution in [-0.4, -0.2) is 31.7 Å². The molecule has 0 heterocycles. The van der Waals surface area contributed by atoms with E-state index in [1.165, 1.54) is 30.3 Å². The first-order valence-electron chi connectivity index (χ1n) is 7.91. The first-order valence-corrected chi connectivity index (χ1v) is 7.91. The van der Waals surface area contributed by atoms with Crippen LogP contribution in [0.1, 0.15) is 17.3 Å². The molecular formula is C18H18F2N2O4. The van der Waals surface area contributed by atoms with Gasteiger partial charge in [-0.3, -0.25) is 0 Å². The molecule has 0 aliphatic carbocycles. The van der Waals surface area contributed by atoms with Crippen molar-refractivity contribution < 1.29 is 27.8 Å². The highest BCUT2D eigenvalue weighted by Crippen LogP contribution is 2.23. The Labute approximate surface area is 149 Å². The first kappa shape index (κ1) is 19.2. The van der Waals surface area contributed by atoms with Crippen LogP contribution in [0, 0.1) is 11.6 Å². The summed E-state index contributed by atoms with van der Waals surface area (Å²) in [5.74, 6) is -2.04. The van der Waals surface area contributed by atoms with Gasteiger partial charge in [-0.1, -0.05) is 0 Å². The Hall–Kier alpha value is -3.16. The average molecular weight is 364 g/mol. The third-order valence-electron chi connectivity index (χ3n) is 3.17. The van der Waals surface area contributed by atoms with Gasteiger partial charge in [0.15, 0.2) is 11.6 Å². The molecule has 8 heteroatoms. The smallest absolute Gasteiger partial charge is 0.338 e. The van der Waals surface area contributed by atoms with E-state index in [2.05, 4.69) is 10.6 Å². The van der Waals surface area contributed by atoms with Crippen LogP contribution >= 0.6 is 0 Å². The predicted molar refractivity (Wildman–Crippen MR) is 90.2 cm³/mol. The number of hydrogen-bond donors (Lipinski definition) is 2. The Morgan fingerprint density at radius 3 is 2.31 bits per heavy atom. The number of ether oxygens (including phenoxy) is 2. The molecule has 0 aliphatic rings. The van der Waals surface area contributed by atoms with Gasteiger partial charge in [0.05, 0.1) is 12.1 Å². The molecule has 6 nitrogen and oxygen atoms in total. The minimum atomic E-state index is -1.01. The van der Waals surface area contributed by atoms with Crippen LogP contribution in [0.25, 0.3) is 0 Å². The molecule has 0 unspecified atom stereocenters. The Bertz CT molecular complexity index is 766. The number of benzene rings is 2. The van der Waals surface area contributed by atoms with Gasteiger partial charge in [0, 0.05) is 12.6 Å². The molecule has 0 radical (unpaired) electrons. The van der Waals surface area contributed by atoms with Crippen LogP contribution in [0.3, 0.4) is 0 Å². The van der Waals surface area contributed by atoms with Crippen molar-refractivity contribution in [3.63, 3.8) is 0 Å². The molecule has 2 aromatic carbocycles. The van der Waals surface area contributed by atoms with Crippen molar-refractivity contribution in [2.45, 2.75) is 6.92 Å². The average Bonchev–Trinajstić information content (AvgIpc) is 2.62. The van der Waals surface area contributed by atoms with Crippen LogP contribution in [0.4, 0.5) is 13.6 Å². The predicted octanol–water partition coefficient (Wildman–Crippen LogP) is 3.23. The van der Waals surface area contributed by atoms with Gasteiger partial charge in [0.2, 0.25) is 0 Å². The molecule has 0 saturated carbocycles. The largest absolute Gasteiger partial charge is 0.460 e. The summed E-state index contributed by atoms with van der Waals surface area (Å²) in [6, 6.07) is 8.83. The van der Waals surface area contributed by atoms with E-state index in [9.17, 15) is 18.4 Å². The van der Waals surface area contributed by atoms with Crippen molar-refractivity contribution in [1.29, 1.82) is 0 Å². The van der Waals surface area contributed by atoms with Gasteiger partial charge in [0.25, 0.3) is 0 Å². The Morgan fingerprint density at radius 2 is 1.65 bits per heavy atom. The molecule has 138 valence electrons. The van der Waals surface area contributed by atoms with Crippen LogP contribution in [0.15, 0.2) is 42.5 Å². The lowest BCUT2D eigenvalue weighted by Crippen LogP contribution is -2.37. The molecule has 0 atom stereocenters. The molecule has 0 aliphatic heterocycles. The zero-order valence-corrected chi connectivity index (χ0v) is 14.1. The summed E-state index contributed by atoms with van der Waals surface area (Å²) < 4.78 is 36.4. The fraction of sp³-hybridized carbons (Fsp3) is 0.222. The third kappa shape index (κ3) is 5.73. The van der Waals surface area contributed by atoms with E-state index in [4.69, 9.17) is 9.47 Å². The summed E-state index contributed by atoms with van der Waals surface area (Å²) in [7, 11) is 0. The lowest BCUT2D eigenvalue weighted by Gasteiger charge is -2.08. The summed E-state index contributed by atoms with van der Waals surface area (Å²) in [6.07, 6.45) is 0. The van der Waals surface area contributed by atoms with E-state index in [1.54, 1.807) is 6.92 Å². The molecule has 0 saturated heterocycles. The van der Waals surface area contributed by atoms with Crippen molar-refractivity contribution in [3.8, 4) is 11.5 Å². The van der Waals surface area contributed by atoms with Gasteiger partial charge in [-0.25, -0.2) is 18.4 Å². The first-order chi connectivity index (χ1) is 12.5. The highest BCUT2D eigenvalue weighted by Gasteiger charge is 2.09. The molecular weight excluding hydrogens is 346 g/mol. The van der Waals surface area contributed by atoms with E-state index in [0.29, 0.717) is 17.9 Å². The molecule has 26 heavy (non-hydrogen) atoms. The van der Waals surface area contributed by atoms with Crippen LogP contribution in [0.5, 0.6) is 11.5 Å². The molecule has 2 amide bonds. The third-order valence-corrected chi connectivity index (χ3v) is 3.17. The maximum atomic E-state index is 13.1. The van der Waals surface area contributed by atoms with Gasteiger partial charge in [-0.2, -0.15) is 0 Å². The van der Waals surface area contributed by atoms with Gasteiger partial charge in [0.1, 0.15) is 18.1 Å². The van der Waals surface area contributed by atoms with Gasteiger partial charge < -0.3 is 20.1 Å². The monoisotopic (exact) mass is 364 g/mol. The summed E-state index contributed by atoms with van der Waals surface area (Å²) in [4.78, 5) is 23.0. The second kappa shape index (κ2) is 9.36. The Morgan fingerprint density at radius 1 is 0.962 bits per heavy atom. The fourth-order valence-electron chi connectivity index (χ4n) is 1.95. The zero-order chi connectivity index (χ0) is 18.9. The van der Waals surface area contributed by atoms with Crippen molar-refractivity contribution in [2.24, 2.45) is 0 Å². The topological polar surface area (TPSA) is 76.7 Å². The van der Waals surface area contributed by atoms with Crippen molar-refractivity contribution in [2.75, 3.05) is 19.7 Å². The molecule has 0 aromatic heterocycles. The Balaban J connectivity index is 1.83. The summed E-state index contributed by atoms with van der Waals surface area (Å²) in [6.45, 7) is 2.52. The van der Waals surface area contributed by atoms with Crippen LogP contribution < -0.4 is 15.4 Å². The molecule has 0 fully saturated rings. The minimum Gasteiger partial charge on any atom is -0.460 e. The van der Waals surface area contributed by atoms with Gasteiger partial charge in [-0.15, -0.1) is 0 Å². The summed E-state index contributed by atoms with van der Waals surface area (Å²) >= 11 is 0. The molecule has 0 bridgehead atoms. The van der Waals surface area contributed by atoms with E-state index >= 15 is 0 Å². The van der Waals surface area contributed by atoms with Crippen LogP contribution in [0.2, 0.25) is 0 Å². The lowest BCUT2D eigenvalue weighted by molar-refractivity contribution is 0.0510. The second-order valence-electron chi connectivity index (χ2n) is 5.12. The SMILES string of the molecule is CCNC(=O)NCCOC(=O)c1ccc(Oc2ccc(F)c(F)c2)cc1. The number of halogens is 2. The normalized spacial score (nSPS) is 10.1. The number of urea groups is 1. The zero-order valence-electron chi connectivity index (χ0n) is 14.1. The van der Waals surface area contributed by atoms with Crippen LogP contribution in [-0.2, 0) is 4.74 Å². The molecule has 2 N–H and O–H groups in total. The number of hydrogen-bond acceptors (Lipinski definition) is 4. The molecule has 2 aromatic rings. The van der Waals surface area contributed by atoms with E-state index in [0.717, 1.165) is 12.1 Å². The quantitative estimate of drug-likeness (QED) is 0.584. The minimum absolute atomic E-state index is 0.0308. The molecule has 0 spiro atoms. The number of rotatable bonds is 7. The number of esters is 1. The summed E-state index contributed by atoms with van der Waals surface area (Å²) in [5.41, 5.74) is 0.292. The maximum absolute atomic E-state index is 13.1. The standard InChI is InChI=1S/C18H18F2N2O4/c1-2-21-18(24)22-9-10-25-17(23)12-3-5-13(6-4-12)26-14-7-8-15(19)16(20)11-14/h3-8,11H,2,9-10H2,1H3,(H2,21,22,24). The highest BCUT2D eigenvalue weighted by atomic mass is 19.2. The Kier molecular flexibility index (Phi) is 6.90. The van der Waals surface area contributed by atoms with Crippen molar-refractivity contribution in [1.82, 2.24) is 10.6 Å². The van der Waals surface area contributed by atoms with E-state index < -0.39 is 17.6 Å². The summed E-state index contributed by atoms with van der Waals surface area (Å²) in [5, 5.41) is 5.08. The fourth-order valence-corrected chi connectivity index (χ4v) is 1.95. The second-order valence-corrected chi connectivity index (χ2v) is 5.12. The maximum Gasteiger partial charge on any atom is 0.338 e. The van der Waals surface area contributed by atoms with E-state index in [1.807, 2.05) is 0 Å². The van der Waals surface area contributed by atoms with E-state index in [-0.39, 0.29) is 24.9 Å². The van der Waals surface area contributed by atoms with Gasteiger partial charge >= 0.3 is 12.0 Å². The number of nitrogens with one attached hydrogen (secondary N) is 2. The van der Waals surface area contributed by atoms with Gasteiger partial charge in [-0.05, 0) is 43.3 Å². The number of carbonyl (C=O) groups excluding carboxylic acids is 2.